The molecule has 4 fully saturated rings. The number of nitrogens with zero attached hydrogens (tertiary/aromatic N) is 1. The number of ether oxygens (including phenoxy) is 5. The molecule has 1 amide bonds. The first-order valence-corrected chi connectivity index (χ1v) is 33.7. The molecule has 1 saturated carbocycles. The molecule has 96 heavy (non-hydrogen) atoms. The zero-order valence-electron chi connectivity index (χ0n) is 53.0. The number of aldehydes is 1. The van der Waals surface area contributed by atoms with Crippen LogP contribution >= 0.6 is 0 Å². The van der Waals surface area contributed by atoms with E-state index in [1.54, 1.807) is 12.1 Å². The summed E-state index contributed by atoms with van der Waals surface area (Å²) in [6.45, 7) is -2.00. The number of fused-ring (bicyclic) bond motifs is 14. The van der Waals surface area contributed by atoms with E-state index in [2.05, 4.69) is 44.5 Å². The SMILES string of the molecule is NC1=C2C(=CCN1)C13COC4C5Oc6c(cc7c(c6OCC(O)CC=O)C(=O)c6cc(CO)ccc6C7=O)C(c6ccccc6N6CNC7C(=O)NC(N)NC76)C6CCC(O)C(C#CC(O)(C(COC6)O5)C4O)Cc4ccc(c(c4)C(CCO)C1O)CC3=CC2NC1CCCC1. The highest BCUT2D eigenvalue weighted by atomic mass is 16.7. The lowest BCUT2D eigenvalue weighted by Gasteiger charge is -2.51. The van der Waals surface area contributed by atoms with Crippen molar-refractivity contribution in [3.63, 3.8) is 0 Å². The average molecular weight is 1320 g/mol. The molecule has 17 atom stereocenters. The van der Waals surface area contributed by atoms with Gasteiger partial charge in [-0.3, -0.25) is 30.8 Å². The Morgan fingerprint density at radius 3 is 2.57 bits per heavy atom. The third kappa shape index (κ3) is 10.9. The van der Waals surface area contributed by atoms with Gasteiger partial charge in [0.15, 0.2) is 28.7 Å². The number of aliphatic hydroxyl groups excluding tert-OH is 6. The number of rotatable bonds is 12. The first-order valence-electron chi connectivity index (χ1n) is 33.7. The molecule has 4 aliphatic carbocycles. The molecule has 0 radical (unpaired) electrons. The third-order valence-electron chi connectivity index (χ3n) is 22.1. The number of hydrogen-bond acceptors (Lipinski definition) is 23. The first-order chi connectivity index (χ1) is 46.5. The summed E-state index contributed by atoms with van der Waals surface area (Å²) in [5.41, 5.74) is 15.2. The molecule has 11 aliphatic rings. The second kappa shape index (κ2) is 25.8. The van der Waals surface area contributed by atoms with Gasteiger partial charge in [0, 0.05) is 71.0 Å². The van der Waals surface area contributed by atoms with Crippen molar-refractivity contribution < 1.29 is 78.6 Å². The maximum absolute atomic E-state index is 15.7. The minimum absolute atomic E-state index is 0.0246. The maximum Gasteiger partial charge on any atom is 0.242 e. The molecule has 4 aromatic rings. The van der Waals surface area contributed by atoms with Crippen LogP contribution in [-0.4, -0.2) is 185 Å². The van der Waals surface area contributed by atoms with E-state index >= 15 is 9.59 Å². The molecule has 3 saturated heterocycles. The molecular formula is C72H82N8O16. The van der Waals surface area contributed by atoms with Gasteiger partial charge in [-0.2, -0.15) is 0 Å². The zero-order valence-corrected chi connectivity index (χ0v) is 53.0. The number of carbonyl (C=O) groups is 4. The van der Waals surface area contributed by atoms with Crippen LogP contribution in [0.4, 0.5) is 5.69 Å². The fourth-order valence-corrected chi connectivity index (χ4v) is 17.3. The van der Waals surface area contributed by atoms with Gasteiger partial charge in [-0.1, -0.05) is 84.9 Å². The molecule has 0 aromatic heterocycles. The van der Waals surface area contributed by atoms with Crippen molar-refractivity contribution in [1.29, 1.82) is 0 Å². The predicted octanol–water partition coefficient (Wildman–Crippen LogP) is 0.606. The molecule has 15 rings (SSSR count). The molecule has 24 nitrogen and oxygen atoms in total. The molecule has 17 unspecified atom stereocenters. The van der Waals surface area contributed by atoms with E-state index in [9.17, 15) is 45.3 Å². The van der Waals surface area contributed by atoms with E-state index < -0.39 is 147 Å². The monoisotopic (exact) mass is 1310 g/mol. The Labute approximate surface area is 554 Å². The van der Waals surface area contributed by atoms with Crippen molar-refractivity contribution >= 4 is 29.4 Å². The summed E-state index contributed by atoms with van der Waals surface area (Å²) in [6.07, 6.45) is -4.06. The largest absolute Gasteiger partial charge is 0.486 e. The number of anilines is 1. The van der Waals surface area contributed by atoms with Gasteiger partial charge in [0.05, 0.1) is 74.3 Å². The fourth-order valence-electron chi connectivity index (χ4n) is 17.3. The summed E-state index contributed by atoms with van der Waals surface area (Å²) >= 11 is 0. The summed E-state index contributed by atoms with van der Waals surface area (Å²) in [5, 5.41) is 104. The van der Waals surface area contributed by atoms with Gasteiger partial charge in [-0.05, 0) is 109 Å². The van der Waals surface area contributed by atoms with Crippen LogP contribution in [0.25, 0.3) is 0 Å². The molecule has 7 heterocycles. The topological polar surface area (TPSA) is 371 Å². The van der Waals surface area contributed by atoms with E-state index in [1.165, 1.54) is 12.1 Å². The Kier molecular flexibility index (Phi) is 17.3. The molecule has 7 aliphatic heterocycles. The molecule has 4 aromatic carbocycles. The summed E-state index contributed by atoms with van der Waals surface area (Å²) < 4.78 is 35.6. The first kappa shape index (κ1) is 64.6. The molecule has 506 valence electrons. The van der Waals surface area contributed by atoms with Crippen molar-refractivity contribution in [1.82, 2.24) is 26.6 Å². The van der Waals surface area contributed by atoms with Crippen LogP contribution in [0.1, 0.15) is 128 Å². The number of hydrogen-bond donors (Lipinski definition) is 14. The van der Waals surface area contributed by atoms with Crippen LogP contribution in [0.5, 0.6) is 11.5 Å². The normalized spacial score (nSPS) is 34.0. The van der Waals surface area contributed by atoms with Crippen molar-refractivity contribution in [2.24, 2.45) is 28.7 Å². The second-order valence-corrected chi connectivity index (χ2v) is 27.6. The quantitative estimate of drug-likeness (QED) is 0.0462. The lowest BCUT2D eigenvalue weighted by molar-refractivity contribution is -0.311. The lowest BCUT2D eigenvalue weighted by Crippen LogP contribution is -2.70. The van der Waals surface area contributed by atoms with Crippen molar-refractivity contribution in [3.8, 4) is 23.3 Å². The van der Waals surface area contributed by atoms with Crippen LogP contribution in [0.2, 0.25) is 0 Å². The van der Waals surface area contributed by atoms with Crippen molar-refractivity contribution in [2.75, 3.05) is 51.1 Å². The average Bonchev–Trinajstić information content (AvgIpc) is 1.25. The molecular weight excluding hydrogens is 1230 g/mol. The number of aliphatic hydroxyl groups is 7. The number of amides is 1. The van der Waals surface area contributed by atoms with Gasteiger partial charge in [-0.25, -0.2) is 0 Å². The van der Waals surface area contributed by atoms with Crippen LogP contribution in [0, 0.1) is 29.1 Å². The highest BCUT2D eigenvalue weighted by molar-refractivity contribution is 6.29. The Bertz CT molecular complexity index is 3960. The smallest absolute Gasteiger partial charge is 0.242 e. The van der Waals surface area contributed by atoms with E-state index in [1.807, 2.05) is 53.4 Å². The van der Waals surface area contributed by atoms with Crippen molar-refractivity contribution in [2.45, 2.75) is 162 Å². The third-order valence-corrected chi connectivity index (χ3v) is 22.1. The Hall–Kier alpha value is -7.42. The van der Waals surface area contributed by atoms with Crippen LogP contribution in [-0.2, 0) is 43.2 Å². The second-order valence-electron chi connectivity index (χ2n) is 27.6. The number of ketones is 2. The Balaban J connectivity index is 0.994. The maximum atomic E-state index is 15.7. The highest BCUT2D eigenvalue weighted by Crippen LogP contribution is 2.58. The number of nitrogens with one attached hydrogen (secondary N) is 5. The summed E-state index contributed by atoms with van der Waals surface area (Å²) in [5.74, 6) is 0.957. The van der Waals surface area contributed by atoms with Gasteiger partial charge < -0.3 is 90.8 Å². The number of carbonyl (C=O) groups excluding carboxylic acids is 4. The predicted molar refractivity (Wildman–Crippen MR) is 346 cm³/mol. The minimum Gasteiger partial charge on any atom is -0.486 e. The number of nitrogens with two attached hydrogens (primary N) is 2. The summed E-state index contributed by atoms with van der Waals surface area (Å²) in [4.78, 5) is 59.0. The fraction of sp³-hybridized carbons (Fsp3) is 0.500. The van der Waals surface area contributed by atoms with Gasteiger partial charge in [0.25, 0.3) is 0 Å². The standard InChI is InChI=1S/C72H82N8O16/c73-66-57-50(16-20-75-66)71-33-94-63-65(89)72(91)19-15-38(23-35-9-11-37(46(24-35)44(18-22-82)64(71)88)26-40(71)27-51(57)77-41-5-1-2-6-41)53(85)14-12-39-30-92-32-54(72)95-69(63)96-61-49(55(39)45-7-3-4-8-52(45)80-34-76-58-67(80)78-70(74)79-68(58)90)28-48-56(62(61)93-31-42(84)17-21-81)60(87)47-25-36(29-83)10-13-43(47)59(48)86/h3-4,7-11,13,16,21,24-25,27-28,38-39,41-42,44,51,53-55,58,63-65,67,69-70,75-78,82-85,88-89,91H,1-2,5-6,12,14,17-18,20,22-23,26,29-34,73-74H2,(H,79,90). The van der Waals surface area contributed by atoms with Gasteiger partial charge in [-0.15, -0.1) is 0 Å². The zero-order chi connectivity index (χ0) is 66.5. The Morgan fingerprint density at radius 2 is 1.76 bits per heavy atom. The molecule has 16 N–H and O–H groups in total. The van der Waals surface area contributed by atoms with E-state index in [-0.39, 0.29) is 103 Å². The van der Waals surface area contributed by atoms with Gasteiger partial charge >= 0.3 is 0 Å². The number of para-hydroxylation sites is 1. The minimum atomic E-state index is -2.58. The summed E-state index contributed by atoms with van der Waals surface area (Å²) in [7, 11) is 0. The Morgan fingerprint density at radius 1 is 0.927 bits per heavy atom. The van der Waals surface area contributed by atoms with E-state index in [0.717, 1.165) is 47.9 Å². The lowest BCUT2D eigenvalue weighted by atomic mass is 9.59. The van der Waals surface area contributed by atoms with E-state index in [4.69, 9.17) is 35.2 Å². The number of dihydropyridines is 1. The van der Waals surface area contributed by atoms with Crippen LogP contribution in [0.3, 0.4) is 0 Å². The summed E-state index contributed by atoms with van der Waals surface area (Å²) in [6, 6.07) is 18.5. The van der Waals surface area contributed by atoms with Crippen LogP contribution < -0.4 is 52.4 Å². The van der Waals surface area contributed by atoms with Gasteiger partial charge in [0.2, 0.25) is 12.2 Å². The highest BCUT2D eigenvalue weighted by Gasteiger charge is 2.61. The number of benzene rings is 4. The molecule has 24 heteroatoms. The van der Waals surface area contributed by atoms with Crippen LogP contribution in [0.15, 0.2) is 101 Å². The molecule has 9 bridgehead atoms. The van der Waals surface area contributed by atoms with Gasteiger partial charge in [0.1, 0.15) is 55.5 Å². The van der Waals surface area contributed by atoms with Crippen molar-refractivity contribution in [3.05, 3.63) is 157 Å². The molecule has 1 spiro atoms. The van der Waals surface area contributed by atoms with E-state index in [0.29, 0.717) is 46.5 Å².